The first-order valence-electron chi connectivity index (χ1n) is 12.8. The van der Waals surface area contributed by atoms with Crippen LogP contribution in [0.2, 0.25) is 0 Å². The van der Waals surface area contributed by atoms with E-state index in [-0.39, 0.29) is 11.8 Å². The van der Waals surface area contributed by atoms with E-state index in [0.29, 0.717) is 30.2 Å². The molecule has 4 aromatic rings. The van der Waals surface area contributed by atoms with Crippen molar-refractivity contribution in [1.29, 1.82) is 0 Å². The molecule has 0 aliphatic heterocycles. The molecule has 8 nitrogen and oxygen atoms in total. The highest BCUT2D eigenvalue weighted by molar-refractivity contribution is 5.99. The summed E-state index contributed by atoms with van der Waals surface area (Å²) in [7, 11) is 3.85. The van der Waals surface area contributed by atoms with E-state index < -0.39 is 10.8 Å². The summed E-state index contributed by atoms with van der Waals surface area (Å²) in [5.41, 5.74) is 2.61. The zero-order valence-corrected chi connectivity index (χ0v) is 20.6. The minimum absolute atomic E-state index is 0.00918. The topological polar surface area (TPSA) is 93.8 Å². The second-order valence-corrected chi connectivity index (χ2v) is 11.4. The Bertz CT molecular complexity index is 1420. The molecule has 4 bridgehead atoms. The molecule has 0 radical (unpaired) electrons. The summed E-state index contributed by atoms with van der Waals surface area (Å²) in [5.74, 6) is 1.93. The van der Waals surface area contributed by atoms with Crippen molar-refractivity contribution in [3.8, 4) is 0 Å². The van der Waals surface area contributed by atoms with Gasteiger partial charge in [0.25, 0.3) is 0 Å². The largest absolute Gasteiger partial charge is 0.313 e. The van der Waals surface area contributed by atoms with Crippen molar-refractivity contribution in [2.45, 2.75) is 38.5 Å². The summed E-state index contributed by atoms with van der Waals surface area (Å²) in [4.78, 5) is 37.1. The molecule has 2 heterocycles. The first-order chi connectivity index (χ1) is 17.4. The first kappa shape index (κ1) is 21.6. The van der Waals surface area contributed by atoms with E-state index in [2.05, 4.69) is 20.6 Å². The summed E-state index contributed by atoms with van der Waals surface area (Å²) < 4.78 is 3.86. The van der Waals surface area contributed by atoms with Crippen molar-refractivity contribution in [2.75, 3.05) is 10.6 Å². The van der Waals surface area contributed by atoms with Crippen molar-refractivity contribution in [1.82, 2.24) is 19.1 Å². The van der Waals surface area contributed by atoms with Crippen LogP contribution in [0.5, 0.6) is 0 Å². The van der Waals surface area contributed by atoms with E-state index in [4.69, 9.17) is 0 Å². The van der Waals surface area contributed by atoms with Crippen molar-refractivity contribution in [3.63, 3.8) is 0 Å². The average molecular weight is 483 g/mol. The van der Waals surface area contributed by atoms with E-state index >= 15 is 0 Å². The molecule has 0 atom stereocenters. The van der Waals surface area contributed by atoms with Gasteiger partial charge in [-0.1, -0.05) is 24.3 Å². The molecule has 0 unspecified atom stereocenters. The molecule has 4 aliphatic carbocycles. The number of rotatable bonds is 4. The van der Waals surface area contributed by atoms with Crippen LogP contribution in [-0.4, -0.2) is 30.9 Å². The van der Waals surface area contributed by atoms with Gasteiger partial charge < -0.3 is 9.13 Å². The molecule has 2 aromatic heterocycles. The molecule has 8 rings (SSSR count). The Labute approximate surface area is 209 Å². The Morgan fingerprint density at radius 1 is 0.750 bits per heavy atom. The third-order valence-electron chi connectivity index (χ3n) is 9.05. The fraction of sp³-hybridized carbons (Fsp3) is 0.429. The van der Waals surface area contributed by atoms with Gasteiger partial charge in [-0.05, 0) is 74.6 Å². The Balaban J connectivity index is 1.18. The van der Waals surface area contributed by atoms with Gasteiger partial charge in [-0.3, -0.25) is 20.2 Å². The number of benzene rings is 2. The number of carbonyl (C=O) groups is 2. The van der Waals surface area contributed by atoms with E-state index in [1.165, 1.54) is 0 Å². The summed E-state index contributed by atoms with van der Waals surface area (Å²) >= 11 is 0. The summed E-state index contributed by atoms with van der Waals surface area (Å²) in [5, 5.41) is 6.31. The fourth-order valence-electron chi connectivity index (χ4n) is 7.78. The van der Waals surface area contributed by atoms with E-state index in [1.54, 1.807) is 0 Å². The number of aryl methyl sites for hydroxylation is 2. The highest BCUT2D eigenvalue weighted by atomic mass is 16.2. The number of imidazole rings is 2. The number of nitrogens with one attached hydrogen (secondary N) is 2. The predicted octanol–water partition coefficient (Wildman–Crippen LogP) is 4.62. The molecular weight excluding hydrogens is 452 g/mol. The lowest BCUT2D eigenvalue weighted by Gasteiger charge is -2.60. The third-order valence-corrected chi connectivity index (χ3v) is 9.05. The van der Waals surface area contributed by atoms with E-state index in [0.717, 1.165) is 54.2 Å². The number of anilines is 2. The number of carbonyl (C=O) groups excluding carboxylic acids is 2. The average Bonchev–Trinajstić information content (AvgIpc) is 3.34. The zero-order chi connectivity index (χ0) is 24.7. The van der Waals surface area contributed by atoms with Crippen molar-refractivity contribution in [2.24, 2.45) is 36.8 Å². The van der Waals surface area contributed by atoms with Gasteiger partial charge in [0.2, 0.25) is 23.7 Å². The van der Waals surface area contributed by atoms with Crippen LogP contribution in [-0.2, 0) is 23.7 Å². The maximum absolute atomic E-state index is 13.9. The number of amides is 2. The Kier molecular flexibility index (Phi) is 4.45. The van der Waals surface area contributed by atoms with Crippen LogP contribution < -0.4 is 10.6 Å². The maximum Gasteiger partial charge on any atom is 0.232 e. The second-order valence-electron chi connectivity index (χ2n) is 11.4. The Hall–Kier alpha value is -3.68. The minimum Gasteiger partial charge on any atom is -0.313 e. The quantitative estimate of drug-likeness (QED) is 0.444. The lowest BCUT2D eigenvalue weighted by molar-refractivity contribution is -0.161. The Morgan fingerprint density at radius 3 is 1.58 bits per heavy atom. The van der Waals surface area contributed by atoms with Crippen molar-refractivity contribution >= 4 is 45.8 Å². The van der Waals surface area contributed by atoms with Gasteiger partial charge in [0.1, 0.15) is 0 Å². The summed E-state index contributed by atoms with van der Waals surface area (Å²) in [6.07, 6.45) is 5.09. The van der Waals surface area contributed by atoms with Crippen molar-refractivity contribution < 1.29 is 9.59 Å². The molecule has 4 fully saturated rings. The van der Waals surface area contributed by atoms with Crippen molar-refractivity contribution in [3.05, 3.63) is 48.5 Å². The smallest absolute Gasteiger partial charge is 0.232 e. The van der Waals surface area contributed by atoms with Gasteiger partial charge in [0.05, 0.1) is 32.9 Å². The number of para-hydroxylation sites is 4. The third kappa shape index (κ3) is 3.06. The molecule has 2 N–H and O–H groups in total. The Morgan fingerprint density at radius 2 is 1.17 bits per heavy atom. The highest BCUT2D eigenvalue weighted by Gasteiger charge is 2.63. The predicted molar refractivity (Wildman–Crippen MR) is 138 cm³/mol. The van der Waals surface area contributed by atoms with Crippen LogP contribution >= 0.6 is 0 Å². The maximum atomic E-state index is 13.9. The minimum atomic E-state index is -0.536. The van der Waals surface area contributed by atoms with Gasteiger partial charge in [0, 0.05) is 14.1 Å². The molecule has 2 amide bonds. The molecule has 4 saturated carbocycles. The molecular formula is C28H30N6O2. The lowest BCUT2D eigenvalue weighted by Crippen LogP contribution is -2.59. The van der Waals surface area contributed by atoms with Crippen LogP contribution in [0.15, 0.2) is 48.5 Å². The number of hydrogen-bond acceptors (Lipinski definition) is 4. The van der Waals surface area contributed by atoms with Crippen LogP contribution in [0.3, 0.4) is 0 Å². The SMILES string of the molecule is Cn1c(NC(=O)C23CC4CC(C2)CC(C(=O)Nc2nc5ccccc5n2C)(C4)C3)nc2ccccc21. The molecule has 0 spiro atoms. The molecule has 184 valence electrons. The van der Waals surface area contributed by atoms with Crippen LogP contribution in [0.25, 0.3) is 22.1 Å². The number of hydrogen-bond donors (Lipinski definition) is 2. The number of aromatic nitrogens is 4. The van der Waals surface area contributed by atoms with Gasteiger partial charge in [0.15, 0.2) is 0 Å². The molecule has 36 heavy (non-hydrogen) atoms. The van der Waals surface area contributed by atoms with Gasteiger partial charge in [-0.25, -0.2) is 9.97 Å². The van der Waals surface area contributed by atoms with Gasteiger partial charge in [-0.2, -0.15) is 0 Å². The fourth-order valence-corrected chi connectivity index (χ4v) is 7.78. The van der Waals surface area contributed by atoms with Crippen LogP contribution in [0, 0.1) is 22.7 Å². The molecule has 2 aromatic carbocycles. The summed E-state index contributed by atoms with van der Waals surface area (Å²) in [6.45, 7) is 0. The standard InChI is InChI=1S/C28H30N6O2/c1-33-21-9-5-3-7-19(21)29-25(33)31-23(35)27-12-17-11-18(13-27)15-28(14-17,16-27)24(36)32-26-30-20-8-4-6-10-22(20)34(26)2/h3-10,17-18H,11-16H2,1-2H3,(H,29,31,35)(H,30,32,36). The zero-order valence-electron chi connectivity index (χ0n) is 20.6. The van der Waals surface area contributed by atoms with Crippen LogP contribution in [0.4, 0.5) is 11.9 Å². The normalized spacial score (nSPS) is 28.6. The van der Waals surface area contributed by atoms with E-state index in [1.807, 2.05) is 71.8 Å². The van der Waals surface area contributed by atoms with E-state index in [9.17, 15) is 9.59 Å². The second kappa shape index (κ2) is 7.41. The monoisotopic (exact) mass is 482 g/mol. The molecule has 4 aliphatic rings. The number of nitrogens with zero attached hydrogens (tertiary/aromatic N) is 4. The van der Waals surface area contributed by atoms with Crippen LogP contribution in [0.1, 0.15) is 38.5 Å². The highest BCUT2D eigenvalue weighted by Crippen LogP contribution is 2.65. The molecule has 8 heteroatoms. The first-order valence-corrected chi connectivity index (χ1v) is 12.8. The number of fused-ring (bicyclic) bond motifs is 2. The van der Waals surface area contributed by atoms with Gasteiger partial charge >= 0.3 is 0 Å². The lowest BCUT2D eigenvalue weighted by atomic mass is 9.43. The summed E-state index contributed by atoms with van der Waals surface area (Å²) in [6, 6.07) is 15.8. The van der Waals surface area contributed by atoms with Gasteiger partial charge in [-0.15, -0.1) is 0 Å². The molecule has 0 saturated heterocycles.